The molecule has 0 aliphatic heterocycles. The van der Waals surface area contributed by atoms with Gasteiger partial charge in [-0.1, -0.05) is 42.0 Å². The van der Waals surface area contributed by atoms with Gasteiger partial charge in [0.1, 0.15) is 0 Å². The Kier molecular flexibility index (Phi) is 4.65. The van der Waals surface area contributed by atoms with Gasteiger partial charge in [-0.15, -0.1) is 0 Å². The predicted octanol–water partition coefficient (Wildman–Crippen LogP) is 4.51. The number of pyridine rings is 1. The molecular weight excluding hydrogens is 348 g/mol. The quantitative estimate of drug-likeness (QED) is 0.575. The smallest absolute Gasteiger partial charge is 0.254 e. The van der Waals surface area contributed by atoms with Crippen molar-refractivity contribution < 1.29 is 4.79 Å². The van der Waals surface area contributed by atoms with Gasteiger partial charge in [0.25, 0.3) is 5.91 Å². The molecule has 2 heterocycles. The maximum Gasteiger partial charge on any atom is 0.254 e. The van der Waals surface area contributed by atoms with Gasteiger partial charge < -0.3 is 4.90 Å². The Hall–Kier alpha value is -3.47. The molecule has 1 N–H and O–H groups in total. The van der Waals surface area contributed by atoms with Crippen LogP contribution in [-0.2, 0) is 6.54 Å². The van der Waals surface area contributed by atoms with E-state index in [1.165, 1.54) is 0 Å². The average molecular weight is 370 g/mol. The van der Waals surface area contributed by atoms with Gasteiger partial charge in [-0.2, -0.15) is 5.10 Å². The highest BCUT2D eigenvalue weighted by molar-refractivity contribution is 6.06. The predicted molar refractivity (Wildman–Crippen MR) is 111 cm³/mol. The third kappa shape index (κ3) is 3.39. The lowest BCUT2D eigenvalue weighted by Gasteiger charge is -2.19. The van der Waals surface area contributed by atoms with Gasteiger partial charge in [-0.05, 0) is 37.6 Å². The first-order valence-electron chi connectivity index (χ1n) is 9.24. The molecule has 2 aromatic carbocycles. The normalized spacial score (nSPS) is 11.0. The molecule has 0 saturated carbocycles. The van der Waals surface area contributed by atoms with E-state index < -0.39 is 0 Å². The number of benzene rings is 2. The summed E-state index contributed by atoms with van der Waals surface area (Å²) in [4.78, 5) is 19.6. The maximum absolute atomic E-state index is 13.3. The Balaban J connectivity index is 1.67. The van der Waals surface area contributed by atoms with Gasteiger partial charge in [0.2, 0.25) is 0 Å². The van der Waals surface area contributed by atoms with Crippen molar-refractivity contribution in [1.82, 2.24) is 20.1 Å². The topological polar surface area (TPSA) is 61.9 Å². The van der Waals surface area contributed by atoms with E-state index in [2.05, 4.69) is 15.2 Å². The van der Waals surface area contributed by atoms with Gasteiger partial charge in [0.15, 0.2) is 0 Å². The SMILES string of the molecule is Cc1ccc2nc(C)cc(C(=O)N(C)Cc3cn[nH]c3-c3ccccc3)c2c1. The Bertz CT molecular complexity index is 1150. The van der Waals surface area contributed by atoms with E-state index in [9.17, 15) is 4.79 Å². The number of nitrogens with one attached hydrogen (secondary N) is 1. The van der Waals surface area contributed by atoms with Gasteiger partial charge in [0, 0.05) is 30.2 Å². The molecule has 5 nitrogen and oxygen atoms in total. The van der Waals surface area contributed by atoms with Crippen LogP contribution < -0.4 is 0 Å². The van der Waals surface area contributed by atoms with Gasteiger partial charge in [-0.25, -0.2) is 0 Å². The number of rotatable bonds is 4. The van der Waals surface area contributed by atoms with Crippen LogP contribution in [0.25, 0.3) is 22.2 Å². The molecule has 0 spiro atoms. The first-order valence-corrected chi connectivity index (χ1v) is 9.24. The van der Waals surface area contributed by atoms with Crippen molar-refractivity contribution in [2.45, 2.75) is 20.4 Å². The second-order valence-corrected chi connectivity index (χ2v) is 7.13. The molecule has 0 aliphatic carbocycles. The zero-order valence-corrected chi connectivity index (χ0v) is 16.2. The molecule has 4 aromatic rings. The summed E-state index contributed by atoms with van der Waals surface area (Å²) < 4.78 is 0. The van der Waals surface area contributed by atoms with Crippen LogP contribution in [0.5, 0.6) is 0 Å². The third-order valence-corrected chi connectivity index (χ3v) is 4.86. The van der Waals surface area contributed by atoms with Gasteiger partial charge in [-0.3, -0.25) is 14.9 Å². The molecule has 0 saturated heterocycles. The minimum Gasteiger partial charge on any atom is -0.337 e. The largest absolute Gasteiger partial charge is 0.337 e. The number of hydrogen-bond acceptors (Lipinski definition) is 3. The van der Waals surface area contributed by atoms with Crippen molar-refractivity contribution >= 4 is 16.8 Å². The maximum atomic E-state index is 13.3. The number of hydrogen-bond donors (Lipinski definition) is 1. The van der Waals surface area contributed by atoms with Crippen molar-refractivity contribution in [2.24, 2.45) is 0 Å². The number of aromatic amines is 1. The Morgan fingerprint density at radius 1 is 1.07 bits per heavy atom. The number of carbonyl (C=O) groups excluding carboxylic acids is 1. The standard InChI is InChI=1S/C23H22N4O/c1-15-9-10-21-19(11-15)20(12-16(2)25-21)23(28)27(3)14-18-13-24-26-22(18)17-7-5-4-6-8-17/h4-13H,14H2,1-3H3,(H,24,26). The zero-order chi connectivity index (χ0) is 19.7. The summed E-state index contributed by atoms with van der Waals surface area (Å²) in [6, 6.07) is 17.9. The van der Waals surface area contributed by atoms with Crippen LogP contribution in [0, 0.1) is 13.8 Å². The van der Waals surface area contributed by atoms with E-state index in [1.54, 1.807) is 11.1 Å². The summed E-state index contributed by atoms with van der Waals surface area (Å²) in [6.07, 6.45) is 1.78. The van der Waals surface area contributed by atoms with Crippen LogP contribution in [0.4, 0.5) is 0 Å². The first-order chi connectivity index (χ1) is 13.5. The van der Waals surface area contributed by atoms with Crippen LogP contribution in [0.15, 0.2) is 60.8 Å². The van der Waals surface area contributed by atoms with Crippen molar-refractivity contribution in [3.05, 3.63) is 83.2 Å². The number of H-pyrrole nitrogens is 1. The lowest BCUT2D eigenvalue weighted by atomic mass is 10.0. The van der Waals surface area contributed by atoms with E-state index in [0.29, 0.717) is 12.1 Å². The molecule has 0 unspecified atom stereocenters. The van der Waals surface area contributed by atoms with E-state index >= 15 is 0 Å². The lowest BCUT2D eigenvalue weighted by Crippen LogP contribution is -2.26. The second-order valence-electron chi connectivity index (χ2n) is 7.13. The average Bonchev–Trinajstić information content (AvgIpc) is 3.16. The Morgan fingerprint density at radius 2 is 1.86 bits per heavy atom. The molecule has 28 heavy (non-hydrogen) atoms. The van der Waals surface area contributed by atoms with Crippen molar-refractivity contribution in [1.29, 1.82) is 0 Å². The molecule has 5 heteroatoms. The van der Waals surface area contributed by atoms with E-state index in [0.717, 1.165) is 39.0 Å². The fourth-order valence-electron chi connectivity index (χ4n) is 3.47. The summed E-state index contributed by atoms with van der Waals surface area (Å²) >= 11 is 0. The minimum atomic E-state index is -0.0266. The van der Waals surface area contributed by atoms with Crippen LogP contribution >= 0.6 is 0 Å². The Morgan fingerprint density at radius 3 is 2.64 bits per heavy atom. The van der Waals surface area contributed by atoms with Crippen LogP contribution in [-0.4, -0.2) is 33.0 Å². The zero-order valence-electron chi connectivity index (χ0n) is 16.2. The molecule has 0 fully saturated rings. The number of aryl methyl sites for hydroxylation is 2. The number of aromatic nitrogens is 3. The minimum absolute atomic E-state index is 0.0266. The third-order valence-electron chi connectivity index (χ3n) is 4.86. The molecule has 0 bridgehead atoms. The molecule has 140 valence electrons. The highest BCUT2D eigenvalue weighted by atomic mass is 16.2. The van der Waals surface area contributed by atoms with Crippen molar-refractivity contribution in [3.8, 4) is 11.3 Å². The molecule has 1 amide bonds. The van der Waals surface area contributed by atoms with Crippen LogP contribution in [0.3, 0.4) is 0 Å². The molecule has 0 radical (unpaired) electrons. The fourth-order valence-corrected chi connectivity index (χ4v) is 3.47. The number of nitrogens with zero attached hydrogens (tertiary/aromatic N) is 3. The van der Waals surface area contributed by atoms with Crippen LogP contribution in [0.2, 0.25) is 0 Å². The summed E-state index contributed by atoms with van der Waals surface area (Å²) in [5.41, 5.74) is 6.43. The number of amides is 1. The first kappa shape index (κ1) is 17.9. The molecule has 2 aromatic heterocycles. The van der Waals surface area contributed by atoms with E-state index in [-0.39, 0.29) is 5.91 Å². The molecule has 0 atom stereocenters. The van der Waals surface area contributed by atoms with Gasteiger partial charge >= 0.3 is 0 Å². The van der Waals surface area contributed by atoms with Crippen LogP contribution in [0.1, 0.15) is 27.2 Å². The summed E-state index contributed by atoms with van der Waals surface area (Å²) in [5.74, 6) is -0.0266. The fraction of sp³-hybridized carbons (Fsp3) is 0.174. The summed E-state index contributed by atoms with van der Waals surface area (Å²) in [5, 5.41) is 8.13. The molecule has 4 rings (SSSR count). The van der Waals surface area contributed by atoms with Gasteiger partial charge in [0.05, 0.1) is 23.0 Å². The summed E-state index contributed by atoms with van der Waals surface area (Å²) in [7, 11) is 1.82. The molecular formula is C23H22N4O. The summed E-state index contributed by atoms with van der Waals surface area (Å²) in [6.45, 7) is 4.41. The number of carbonyl (C=O) groups is 1. The van der Waals surface area contributed by atoms with E-state index in [1.807, 2.05) is 75.5 Å². The molecule has 0 aliphatic rings. The highest BCUT2D eigenvalue weighted by Gasteiger charge is 2.18. The van der Waals surface area contributed by atoms with Crippen molar-refractivity contribution in [3.63, 3.8) is 0 Å². The lowest BCUT2D eigenvalue weighted by molar-refractivity contribution is 0.0787. The highest BCUT2D eigenvalue weighted by Crippen LogP contribution is 2.24. The van der Waals surface area contributed by atoms with E-state index in [4.69, 9.17) is 0 Å². The monoisotopic (exact) mass is 370 g/mol. The second kappa shape index (κ2) is 7.27. The van der Waals surface area contributed by atoms with Crippen molar-refractivity contribution in [2.75, 3.05) is 7.05 Å². The number of fused-ring (bicyclic) bond motifs is 1. The Labute approximate surface area is 164 Å².